The second kappa shape index (κ2) is 12.4. The first-order valence-corrected chi connectivity index (χ1v) is 12.7. The van der Waals surface area contributed by atoms with Gasteiger partial charge in [0, 0.05) is 88.6 Å². The third-order valence-corrected chi connectivity index (χ3v) is 6.97. The molecule has 0 radical (unpaired) electrons. The molecule has 0 atom stereocenters. The van der Waals surface area contributed by atoms with E-state index in [1.54, 1.807) is 19.2 Å². The number of rotatable bonds is 11. The molecule has 190 valence electrons. The minimum absolute atomic E-state index is 0.0770. The summed E-state index contributed by atoms with van der Waals surface area (Å²) in [6.45, 7) is 4.34. The zero-order chi connectivity index (χ0) is 25.3. The lowest BCUT2D eigenvalue weighted by atomic mass is 10.1. The summed E-state index contributed by atoms with van der Waals surface area (Å²) < 4.78 is 9.79. The molecule has 11 heteroatoms. The van der Waals surface area contributed by atoms with Crippen LogP contribution in [0.15, 0.2) is 54.6 Å². The Morgan fingerprint density at radius 3 is 2.47 bits per heavy atom. The summed E-state index contributed by atoms with van der Waals surface area (Å²) >= 11 is 1.35. The number of ether oxygens (including phenoxy) is 1. The number of anilines is 2. The van der Waals surface area contributed by atoms with Crippen LogP contribution in [0.1, 0.15) is 17.8 Å². The van der Waals surface area contributed by atoms with Gasteiger partial charge in [-0.2, -0.15) is 4.37 Å². The van der Waals surface area contributed by atoms with Crippen LogP contribution in [0, 0.1) is 10.1 Å². The number of nitro benzene ring substituents is 1. The van der Waals surface area contributed by atoms with E-state index in [1.807, 2.05) is 23.1 Å². The van der Waals surface area contributed by atoms with Gasteiger partial charge in [0.2, 0.25) is 11.0 Å². The summed E-state index contributed by atoms with van der Waals surface area (Å²) in [6.07, 6.45) is 1.06. The van der Waals surface area contributed by atoms with E-state index < -0.39 is 4.92 Å². The third-order valence-electron chi connectivity index (χ3n) is 6.15. The molecule has 1 aromatic heterocycles. The van der Waals surface area contributed by atoms with Crippen LogP contribution in [0.4, 0.5) is 16.5 Å². The van der Waals surface area contributed by atoms with E-state index in [9.17, 15) is 14.9 Å². The van der Waals surface area contributed by atoms with E-state index in [-0.39, 0.29) is 11.6 Å². The lowest BCUT2D eigenvalue weighted by Gasteiger charge is -2.36. The van der Waals surface area contributed by atoms with Crippen LogP contribution in [0.5, 0.6) is 0 Å². The van der Waals surface area contributed by atoms with Gasteiger partial charge in [-0.05, 0) is 17.7 Å². The summed E-state index contributed by atoms with van der Waals surface area (Å²) in [4.78, 5) is 34.2. The van der Waals surface area contributed by atoms with Crippen LogP contribution in [-0.4, -0.2) is 78.1 Å². The molecule has 1 saturated heterocycles. The van der Waals surface area contributed by atoms with Gasteiger partial charge in [0.1, 0.15) is 5.82 Å². The molecule has 1 amide bonds. The number of amides is 1. The topological polar surface area (TPSA) is 105 Å². The lowest BCUT2D eigenvalue weighted by Crippen LogP contribution is -2.49. The Balaban J connectivity index is 1.29. The Hall–Kier alpha value is -3.57. The van der Waals surface area contributed by atoms with Crippen molar-refractivity contribution < 1.29 is 14.5 Å². The second-order valence-corrected chi connectivity index (χ2v) is 9.26. The molecule has 0 aliphatic carbocycles. The van der Waals surface area contributed by atoms with Crippen molar-refractivity contribution in [2.24, 2.45) is 0 Å². The van der Waals surface area contributed by atoms with Gasteiger partial charge in [0.15, 0.2) is 0 Å². The molecule has 10 nitrogen and oxygen atoms in total. The zero-order valence-electron chi connectivity index (χ0n) is 20.3. The van der Waals surface area contributed by atoms with Gasteiger partial charge in [-0.1, -0.05) is 30.3 Å². The van der Waals surface area contributed by atoms with E-state index in [0.29, 0.717) is 58.7 Å². The molecule has 3 aromatic rings. The van der Waals surface area contributed by atoms with Crippen molar-refractivity contribution >= 4 is 33.9 Å². The average molecular weight is 511 g/mol. The quantitative estimate of drug-likeness (QED) is 0.286. The Morgan fingerprint density at radius 1 is 1.08 bits per heavy atom. The minimum atomic E-state index is -0.401. The summed E-state index contributed by atoms with van der Waals surface area (Å²) in [7, 11) is 1.66. The molecular formula is C25H30N6O4S. The average Bonchev–Trinajstić information content (AvgIpc) is 3.37. The molecule has 1 fully saturated rings. The molecule has 2 heterocycles. The highest BCUT2D eigenvalue weighted by Gasteiger charge is 2.23. The Kier molecular flexibility index (Phi) is 8.80. The van der Waals surface area contributed by atoms with Gasteiger partial charge in [-0.3, -0.25) is 14.9 Å². The number of benzene rings is 2. The van der Waals surface area contributed by atoms with Crippen LogP contribution < -0.4 is 9.80 Å². The second-order valence-electron chi connectivity index (χ2n) is 8.53. The summed E-state index contributed by atoms with van der Waals surface area (Å²) in [5.74, 6) is 0.882. The molecule has 0 N–H and O–H groups in total. The smallest absolute Gasteiger partial charge is 0.269 e. The Morgan fingerprint density at radius 2 is 1.81 bits per heavy atom. The molecule has 0 unspecified atom stereocenters. The first-order valence-electron chi connectivity index (χ1n) is 11.9. The van der Waals surface area contributed by atoms with E-state index in [4.69, 9.17) is 9.72 Å². The number of carbonyl (C=O) groups is 1. The maximum absolute atomic E-state index is 13.0. The maximum atomic E-state index is 13.0. The van der Waals surface area contributed by atoms with Crippen LogP contribution in [0.3, 0.4) is 0 Å². The van der Waals surface area contributed by atoms with E-state index in [0.717, 1.165) is 22.2 Å². The minimum Gasteiger partial charge on any atom is -0.383 e. The van der Waals surface area contributed by atoms with E-state index in [2.05, 4.69) is 26.3 Å². The van der Waals surface area contributed by atoms with Crippen molar-refractivity contribution in [3.63, 3.8) is 0 Å². The normalized spacial score (nSPS) is 13.6. The lowest BCUT2D eigenvalue weighted by molar-refractivity contribution is -0.384. The first kappa shape index (κ1) is 25.5. The number of aromatic nitrogens is 2. The van der Waals surface area contributed by atoms with Gasteiger partial charge in [0.25, 0.3) is 5.69 Å². The molecule has 0 saturated carbocycles. The van der Waals surface area contributed by atoms with Crippen LogP contribution >= 0.6 is 11.5 Å². The number of carbonyl (C=O) groups excluding carboxylic acids is 1. The monoisotopic (exact) mass is 510 g/mol. The van der Waals surface area contributed by atoms with Crippen molar-refractivity contribution in [3.8, 4) is 0 Å². The van der Waals surface area contributed by atoms with Gasteiger partial charge < -0.3 is 19.4 Å². The van der Waals surface area contributed by atoms with Crippen molar-refractivity contribution in [3.05, 3.63) is 76.1 Å². The Labute approximate surface area is 214 Å². The molecule has 0 spiro atoms. The molecule has 4 rings (SSSR count). The van der Waals surface area contributed by atoms with Gasteiger partial charge in [0.05, 0.1) is 11.5 Å². The predicted octanol–water partition coefficient (Wildman–Crippen LogP) is 3.23. The maximum Gasteiger partial charge on any atom is 0.269 e. The fourth-order valence-corrected chi connectivity index (χ4v) is 4.85. The fraction of sp³-hybridized carbons (Fsp3) is 0.400. The van der Waals surface area contributed by atoms with E-state index >= 15 is 0 Å². The number of nitro groups is 1. The van der Waals surface area contributed by atoms with Gasteiger partial charge in [-0.15, -0.1) is 0 Å². The molecule has 1 aliphatic rings. The van der Waals surface area contributed by atoms with Crippen molar-refractivity contribution in [1.29, 1.82) is 0 Å². The molecule has 0 bridgehead atoms. The van der Waals surface area contributed by atoms with Crippen molar-refractivity contribution in [2.75, 3.05) is 62.8 Å². The Bertz CT molecular complexity index is 1130. The molecule has 36 heavy (non-hydrogen) atoms. The summed E-state index contributed by atoms with van der Waals surface area (Å²) in [5.41, 5.74) is 2.17. The van der Waals surface area contributed by atoms with Crippen LogP contribution in [0.2, 0.25) is 0 Å². The number of non-ortho nitro benzene ring substituents is 1. The largest absolute Gasteiger partial charge is 0.383 e. The van der Waals surface area contributed by atoms with Crippen LogP contribution in [-0.2, 0) is 16.0 Å². The predicted molar refractivity (Wildman–Crippen MR) is 140 cm³/mol. The number of methoxy groups -OCH3 is 1. The van der Waals surface area contributed by atoms with Crippen LogP contribution in [0.25, 0.3) is 0 Å². The molecular weight excluding hydrogens is 480 g/mol. The summed E-state index contributed by atoms with van der Waals surface area (Å²) in [5, 5.41) is 11.7. The SMILES string of the molecule is COCCN(CCC(=O)N1CCN(c2ccc([N+](=O)[O-])cc2)CC1)c1nc(Cc2ccccc2)ns1. The number of nitrogens with zero attached hydrogens (tertiary/aromatic N) is 6. The summed E-state index contributed by atoms with van der Waals surface area (Å²) in [6, 6.07) is 16.7. The number of hydrogen-bond acceptors (Lipinski definition) is 9. The highest BCUT2D eigenvalue weighted by atomic mass is 32.1. The number of piperazine rings is 1. The van der Waals surface area contributed by atoms with E-state index in [1.165, 1.54) is 23.7 Å². The first-order chi connectivity index (χ1) is 17.5. The van der Waals surface area contributed by atoms with Gasteiger partial charge in [-0.25, -0.2) is 4.98 Å². The highest BCUT2D eigenvalue weighted by molar-refractivity contribution is 7.09. The zero-order valence-corrected chi connectivity index (χ0v) is 21.1. The fourth-order valence-electron chi connectivity index (χ4n) is 4.12. The molecule has 2 aromatic carbocycles. The standard InChI is InChI=1S/C25H30N6O4S/c1-35-18-17-30(25-26-23(27-36-25)19-20-5-3-2-4-6-20)12-11-24(32)29-15-13-28(14-16-29)21-7-9-22(10-8-21)31(33)34/h2-10H,11-19H2,1H3. The van der Waals surface area contributed by atoms with Gasteiger partial charge >= 0.3 is 0 Å². The molecule has 1 aliphatic heterocycles. The highest BCUT2D eigenvalue weighted by Crippen LogP contribution is 2.22. The third kappa shape index (κ3) is 6.76. The number of hydrogen-bond donors (Lipinski definition) is 0. The van der Waals surface area contributed by atoms with Crippen molar-refractivity contribution in [1.82, 2.24) is 14.3 Å². The van der Waals surface area contributed by atoms with Crippen molar-refractivity contribution in [2.45, 2.75) is 12.8 Å².